The van der Waals surface area contributed by atoms with Gasteiger partial charge in [-0.15, -0.1) is 0 Å². The van der Waals surface area contributed by atoms with Crippen molar-refractivity contribution >= 4 is 28.9 Å². The van der Waals surface area contributed by atoms with Crippen LogP contribution in [0.5, 0.6) is 5.75 Å². The third-order valence-electron chi connectivity index (χ3n) is 3.73. The number of phenolic OH excluding ortho intramolecular Hbond substituents is 1. The van der Waals surface area contributed by atoms with E-state index in [2.05, 4.69) is 18.2 Å². The fourth-order valence-electron chi connectivity index (χ4n) is 2.60. The zero-order valence-electron chi connectivity index (χ0n) is 12.7. The summed E-state index contributed by atoms with van der Waals surface area (Å²) in [5.74, 6) is -0.641. The molecule has 0 unspecified atom stereocenters. The highest BCUT2D eigenvalue weighted by Crippen LogP contribution is 2.25. The number of methoxy groups -OCH3 is 1. The van der Waals surface area contributed by atoms with E-state index >= 15 is 0 Å². The molecule has 0 aromatic heterocycles. The topological polar surface area (TPSA) is 46.5 Å². The second kappa shape index (κ2) is 6.36. The van der Waals surface area contributed by atoms with Crippen LogP contribution in [0, 0.1) is 0 Å². The van der Waals surface area contributed by atoms with Gasteiger partial charge in [0, 0.05) is 0 Å². The third-order valence-corrected chi connectivity index (χ3v) is 3.73. The fraction of sp³-hybridized carbons (Fsp3) is 0.0500. The van der Waals surface area contributed by atoms with Crippen LogP contribution in [0.3, 0.4) is 0 Å². The first-order valence-electron chi connectivity index (χ1n) is 7.27. The molecule has 0 spiro atoms. The minimum absolute atomic E-state index is 0.0862. The molecule has 3 heteroatoms. The lowest BCUT2D eigenvalue weighted by molar-refractivity contribution is 0.0597. The van der Waals surface area contributed by atoms with E-state index in [1.165, 1.54) is 13.2 Å². The zero-order valence-corrected chi connectivity index (χ0v) is 12.7. The molecule has 0 aliphatic carbocycles. The number of rotatable bonds is 3. The lowest BCUT2D eigenvalue weighted by Crippen LogP contribution is -2.03. The molecule has 0 atom stereocenters. The Hall–Kier alpha value is -3.07. The number of carbonyl (C=O) groups is 1. The summed E-state index contributed by atoms with van der Waals surface area (Å²) in [7, 11) is 1.30. The molecule has 0 aliphatic rings. The first kappa shape index (κ1) is 14.9. The van der Waals surface area contributed by atoms with Gasteiger partial charge in [0.25, 0.3) is 0 Å². The molecule has 3 nitrogen and oxygen atoms in total. The Labute approximate surface area is 134 Å². The molecule has 1 N–H and O–H groups in total. The second-order valence-corrected chi connectivity index (χ2v) is 5.13. The van der Waals surface area contributed by atoms with E-state index < -0.39 is 5.97 Å². The van der Waals surface area contributed by atoms with Gasteiger partial charge >= 0.3 is 5.97 Å². The number of ether oxygens (including phenoxy) is 1. The summed E-state index contributed by atoms with van der Waals surface area (Å²) in [6, 6.07) is 19.1. The number of benzene rings is 3. The number of aromatic hydroxyl groups is 1. The van der Waals surface area contributed by atoms with Crippen molar-refractivity contribution in [1.82, 2.24) is 0 Å². The lowest BCUT2D eigenvalue weighted by atomic mass is 10.0. The van der Waals surface area contributed by atoms with Crippen LogP contribution < -0.4 is 0 Å². The number of phenols is 1. The largest absolute Gasteiger partial charge is 0.507 e. The molecule has 0 amide bonds. The third kappa shape index (κ3) is 2.94. The molecule has 3 aromatic carbocycles. The monoisotopic (exact) mass is 304 g/mol. The maximum atomic E-state index is 11.9. The van der Waals surface area contributed by atoms with Crippen LogP contribution in [-0.4, -0.2) is 18.2 Å². The van der Waals surface area contributed by atoms with Crippen LogP contribution in [0.4, 0.5) is 0 Å². The predicted molar refractivity (Wildman–Crippen MR) is 92.3 cm³/mol. The smallest absolute Gasteiger partial charge is 0.342 e. The fourth-order valence-corrected chi connectivity index (χ4v) is 2.60. The second-order valence-electron chi connectivity index (χ2n) is 5.13. The summed E-state index contributed by atoms with van der Waals surface area (Å²) in [6.45, 7) is 0. The van der Waals surface area contributed by atoms with E-state index in [9.17, 15) is 9.90 Å². The normalized spacial score (nSPS) is 11.0. The van der Waals surface area contributed by atoms with Crippen molar-refractivity contribution in [2.75, 3.05) is 7.11 Å². The molecule has 3 aromatic rings. The van der Waals surface area contributed by atoms with Gasteiger partial charge in [-0.1, -0.05) is 66.7 Å². The first-order valence-corrected chi connectivity index (χ1v) is 7.27. The molecule has 0 heterocycles. The van der Waals surface area contributed by atoms with Gasteiger partial charge < -0.3 is 9.84 Å². The van der Waals surface area contributed by atoms with Gasteiger partial charge in [0.1, 0.15) is 11.3 Å². The van der Waals surface area contributed by atoms with Crippen molar-refractivity contribution in [1.29, 1.82) is 0 Å². The molecular formula is C20H16O3. The molecule has 0 bridgehead atoms. The van der Waals surface area contributed by atoms with E-state index in [4.69, 9.17) is 4.74 Å². The van der Waals surface area contributed by atoms with Crippen molar-refractivity contribution in [3.8, 4) is 5.75 Å². The quantitative estimate of drug-likeness (QED) is 0.572. The van der Waals surface area contributed by atoms with Gasteiger partial charge in [0.15, 0.2) is 0 Å². The minimum Gasteiger partial charge on any atom is -0.507 e. The van der Waals surface area contributed by atoms with Crippen molar-refractivity contribution in [2.45, 2.75) is 0 Å². The van der Waals surface area contributed by atoms with E-state index in [-0.39, 0.29) is 11.3 Å². The van der Waals surface area contributed by atoms with Gasteiger partial charge in [-0.2, -0.15) is 0 Å². The average molecular weight is 304 g/mol. The van der Waals surface area contributed by atoms with E-state index in [1.54, 1.807) is 12.1 Å². The Balaban J connectivity index is 2.06. The van der Waals surface area contributed by atoms with Gasteiger partial charge in [-0.25, -0.2) is 4.79 Å². The molecule has 0 aliphatic heterocycles. The Morgan fingerprint density at radius 3 is 2.39 bits per heavy atom. The molecule has 0 saturated heterocycles. The van der Waals surface area contributed by atoms with Crippen LogP contribution in [0.1, 0.15) is 21.5 Å². The molecule has 0 fully saturated rings. The maximum absolute atomic E-state index is 11.9. The maximum Gasteiger partial charge on any atom is 0.342 e. The van der Waals surface area contributed by atoms with Crippen molar-refractivity contribution in [3.63, 3.8) is 0 Å². The summed E-state index contributed by atoms with van der Waals surface area (Å²) in [5.41, 5.74) is 1.83. The summed E-state index contributed by atoms with van der Waals surface area (Å²) in [4.78, 5) is 11.9. The van der Waals surface area contributed by atoms with Crippen molar-refractivity contribution in [2.24, 2.45) is 0 Å². The van der Waals surface area contributed by atoms with E-state index in [1.807, 2.05) is 36.4 Å². The zero-order chi connectivity index (χ0) is 16.2. The number of hydrogen-bond acceptors (Lipinski definition) is 3. The van der Waals surface area contributed by atoms with Crippen LogP contribution in [-0.2, 0) is 4.74 Å². The Morgan fingerprint density at radius 1 is 0.913 bits per heavy atom. The minimum atomic E-state index is -0.555. The molecule has 114 valence electrons. The van der Waals surface area contributed by atoms with Crippen molar-refractivity contribution < 1.29 is 14.6 Å². The molecular weight excluding hydrogens is 288 g/mol. The summed E-state index contributed by atoms with van der Waals surface area (Å²) >= 11 is 0. The van der Waals surface area contributed by atoms with Gasteiger partial charge in [-0.3, -0.25) is 0 Å². The molecule has 3 rings (SSSR count). The highest BCUT2D eigenvalue weighted by atomic mass is 16.5. The summed E-state index contributed by atoms with van der Waals surface area (Å²) in [5, 5.41) is 12.2. The van der Waals surface area contributed by atoms with Crippen LogP contribution in [0.25, 0.3) is 22.9 Å². The number of carbonyl (C=O) groups excluding carboxylic acids is 1. The van der Waals surface area contributed by atoms with E-state index in [0.29, 0.717) is 5.56 Å². The highest BCUT2D eigenvalue weighted by molar-refractivity contribution is 5.99. The number of fused-ring (bicyclic) bond motifs is 1. The van der Waals surface area contributed by atoms with Crippen LogP contribution >= 0.6 is 0 Å². The summed E-state index contributed by atoms with van der Waals surface area (Å²) < 4.78 is 4.75. The molecule has 0 radical (unpaired) electrons. The average Bonchev–Trinajstić information content (AvgIpc) is 2.59. The lowest BCUT2D eigenvalue weighted by Gasteiger charge is -2.07. The number of hydrogen-bond donors (Lipinski definition) is 1. The molecule has 0 saturated carbocycles. The van der Waals surface area contributed by atoms with Crippen LogP contribution in [0.15, 0.2) is 60.7 Å². The predicted octanol–water partition coefficient (Wildman–Crippen LogP) is 4.50. The van der Waals surface area contributed by atoms with Crippen molar-refractivity contribution in [3.05, 3.63) is 77.4 Å². The van der Waals surface area contributed by atoms with E-state index in [0.717, 1.165) is 16.3 Å². The number of esters is 1. The Kier molecular flexibility index (Phi) is 4.11. The molecule has 23 heavy (non-hydrogen) atoms. The first-order chi connectivity index (χ1) is 11.2. The standard InChI is InChI=1S/C20H16O3/c1-23-20(22)19-16(9-5-11-18(19)21)13-12-15-8-4-7-14-6-2-3-10-17(14)15/h2-13,21H,1H3. The SMILES string of the molecule is COC(=O)c1c(O)cccc1C=Cc1cccc2ccccc12. The highest BCUT2D eigenvalue weighted by Gasteiger charge is 2.14. The van der Waals surface area contributed by atoms with Crippen LogP contribution in [0.2, 0.25) is 0 Å². The van der Waals surface area contributed by atoms with Gasteiger partial charge in [0.2, 0.25) is 0 Å². The van der Waals surface area contributed by atoms with Gasteiger partial charge in [0.05, 0.1) is 7.11 Å². The Morgan fingerprint density at radius 2 is 1.57 bits per heavy atom. The Bertz CT molecular complexity index is 889. The summed E-state index contributed by atoms with van der Waals surface area (Å²) in [6.07, 6.45) is 3.75. The van der Waals surface area contributed by atoms with Gasteiger partial charge in [-0.05, 0) is 28.0 Å².